The molecule has 0 aliphatic heterocycles. The number of aryl methyl sites for hydroxylation is 2. The fraction of sp³-hybridized carbons (Fsp3) is 0.240. The molecule has 0 fully saturated rings. The number of pyridine rings is 1. The van der Waals surface area contributed by atoms with Crippen LogP contribution in [0.15, 0.2) is 82.8 Å². The van der Waals surface area contributed by atoms with E-state index in [0.29, 0.717) is 29.8 Å². The van der Waals surface area contributed by atoms with Crippen molar-refractivity contribution in [2.75, 3.05) is 14.1 Å². The Balaban J connectivity index is 1.53. The molecule has 0 aliphatic carbocycles. The van der Waals surface area contributed by atoms with E-state index < -0.39 is 10.0 Å². The normalized spacial score (nSPS) is 12.5. The predicted molar refractivity (Wildman–Crippen MR) is 130 cm³/mol. The molecule has 176 valence electrons. The first-order chi connectivity index (χ1) is 16.3. The molecule has 2 aromatic carbocycles. The van der Waals surface area contributed by atoms with Crippen molar-refractivity contribution in [2.45, 2.75) is 24.3 Å². The Labute approximate surface area is 198 Å². The van der Waals surface area contributed by atoms with Crippen molar-refractivity contribution in [2.24, 2.45) is 12.0 Å². The van der Waals surface area contributed by atoms with Crippen molar-refractivity contribution in [3.8, 4) is 0 Å². The van der Waals surface area contributed by atoms with Gasteiger partial charge in [0, 0.05) is 46.7 Å². The summed E-state index contributed by atoms with van der Waals surface area (Å²) in [5.74, 6) is 0.458. The van der Waals surface area contributed by atoms with Crippen LogP contribution in [0.1, 0.15) is 17.8 Å². The number of amides is 1. The lowest BCUT2D eigenvalue weighted by atomic mass is 10.2. The van der Waals surface area contributed by atoms with E-state index in [-0.39, 0.29) is 17.2 Å². The largest absolute Gasteiger partial charge is 0.331 e. The fourth-order valence-electron chi connectivity index (χ4n) is 3.71. The zero-order valence-corrected chi connectivity index (χ0v) is 20.2. The topological polar surface area (TPSA) is 89.6 Å². The summed E-state index contributed by atoms with van der Waals surface area (Å²) >= 11 is 0. The van der Waals surface area contributed by atoms with Gasteiger partial charge in [-0.3, -0.25) is 4.79 Å². The average molecular weight is 478 g/mol. The number of benzene rings is 2. The van der Waals surface area contributed by atoms with Crippen molar-refractivity contribution < 1.29 is 13.2 Å². The van der Waals surface area contributed by atoms with Gasteiger partial charge < -0.3 is 9.13 Å². The standard InChI is InChI=1S/C25H27N5O3S/c1-28(2)34(32,33)20-12-13-22-21(17-20)26-23(29(22)3)14-15-25(31)27-24-11-7-8-16-30(24)18-19-9-5-4-6-10-19/h4-13,16-17H,14-15,18H2,1-3H3. The van der Waals surface area contributed by atoms with Gasteiger partial charge in [-0.1, -0.05) is 36.4 Å². The van der Waals surface area contributed by atoms with E-state index in [9.17, 15) is 13.2 Å². The first-order valence-corrected chi connectivity index (χ1v) is 12.3. The van der Waals surface area contributed by atoms with Gasteiger partial charge in [0.15, 0.2) is 0 Å². The van der Waals surface area contributed by atoms with Crippen LogP contribution in [0.4, 0.5) is 0 Å². The molecular weight excluding hydrogens is 450 g/mol. The summed E-state index contributed by atoms with van der Waals surface area (Å²) in [6.45, 7) is 0.622. The number of hydrogen-bond acceptors (Lipinski definition) is 4. The summed E-state index contributed by atoms with van der Waals surface area (Å²) in [4.78, 5) is 21.8. The molecule has 4 rings (SSSR count). The Hall–Kier alpha value is -3.56. The number of sulfonamides is 1. The zero-order valence-electron chi connectivity index (χ0n) is 19.4. The zero-order chi connectivity index (χ0) is 24.3. The van der Waals surface area contributed by atoms with E-state index in [1.165, 1.54) is 18.4 Å². The third kappa shape index (κ3) is 5.00. The maximum atomic E-state index is 12.7. The van der Waals surface area contributed by atoms with Gasteiger partial charge >= 0.3 is 0 Å². The van der Waals surface area contributed by atoms with E-state index in [1.807, 2.05) is 70.9 Å². The minimum atomic E-state index is -3.55. The van der Waals surface area contributed by atoms with Crippen molar-refractivity contribution >= 4 is 27.0 Å². The van der Waals surface area contributed by atoms with Crippen molar-refractivity contribution in [3.05, 3.63) is 89.8 Å². The molecule has 0 bridgehead atoms. The third-order valence-electron chi connectivity index (χ3n) is 5.64. The monoisotopic (exact) mass is 477 g/mol. The molecule has 9 heteroatoms. The quantitative estimate of drug-likeness (QED) is 0.409. The molecule has 0 radical (unpaired) electrons. The Bertz CT molecular complexity index is 1500. The van der Waals surface area contributed by atoms with Crippen LogP contribution < -0.4 is 5.49 Å². The Morgan fingerprint density at radius 3 is 2.50 bits per heavy atom. The van der Waals surface area contributed by atoms with Crippen LogP contribution in [-0.4, -0.2) is 46.8 Å². The Morgan fingerprint density at radius 2 is 1.76 bits per heavy atom. The van der Waals surface area contributed by atoms with E-state index in [0.717, 1.165) is 11.1 Å². The molecule has 0 aliphatic rings. The number of carbonyl (C=O) groups excluding carboxylic acids is 1. The smallest absolute Gasteiger partial charge is 0.248 e. The van der Waals surface area contributed by atoms with Gasteiger partial charge in [0.1, 0.15) is 11.3 Å². The molecule has 0 N–H and O–H groups in total. The van der Waals surface area contributed by atoms with Gasteiger partial charge in [-0.25, -0.2) is 17.7 Å². The summed E-state index contributed by atoms with van der Waals surface area (Å²) in [6, 6.07) is 20.5. The minimum absolute atomic E-state index is 0.188. The lowest BCUT2D eigenvalue weighted by Crippen LogP contribution is -2.22. The van der Waals surface area contributed by atoms with Crippen LogP contribution in [0.25, 0.3) is 11.0 Å². The first-order valence-electron chi connectivity index (χ1n) is 10.9. The number of carbonyl (C=O) groups is 1. The molecule has 0 spiro atoms. The van der Waals surface area contributed by atoms with Crippen LogP contribution in [0.2, 0.25) is 0 Å². The van der Waals surface area contributed by atoms with Crippen LogP contribution in [0.3, 0.4) is 0 Å². The lowest BCUT2D eigenvalue weighted by molar-refractivity contribution is -0.118. The predicted octanol–water partition coefficient (Wildman–Crippen LogP) is 2.73. The molecule has 2 heterocycles. The van der Waals surface area contributed by atoms with Gasteiger partial charge in [0.05, 0.1) is 15.9 Å². The molecule has 4 aromatic rings. The van der Waals surface area contributed by atoms with Crippen LogP contribution >= 0.6 is 0 Å². The average Bonchev–Trinajstić information content (AvgIpc) is 3.14. The summed E-state index contributed by atoms with van der Waals surface area (Å²) in [5, 5.41) is 0. The summed E-state index contributed by atoms with van der Waals surface area (Å²) in [5.41, 5.74) is 3.10. The summed E-state index contributed by atoms with van der Waals surface area (Å²) in [6.07, 6.45) is 2.50. The summed E-state index contributed by atoms with van der Waals surface area (Å²) < 4.78 is 29.9. The first kappa shape index (κ1) is 23.6. The van der Waals surface area contributed by atoms with Gasteiger partial charge in [-0.2, -0.15) is 4.99 Å². The Morgan fingerprint density at radius 1 is 1.03 bits per heavy atom. The molecule has 0 saturated heterocycles. The van der Waals surface area contributed by atoms with Gasteiger partial charge in [0.2, 0.25) is 15.9 Å². The van der Waals surface area contributed by atoms with E-state index in [4.69, 9.17) is 0 Å². The second kappa shape index (κ2) is 9.74. The van der Waals surface area contributed by atoms with Crippen LogP contribution in [-0.2, 0) is 34.8 Å². The highest BCUT2D eigenvalue weighted by Gasteiger charge is 2.19. The highest BCUT2D eigenvalue weighted by molar-refractivity contribution is 7.89. The van der Waals surface area contributed by atoms with E-state index in [2.05, 4.69) is 9.98 Å². The summed E-state index contributed by atoms with van der Waals surface area (Å²) in [7, 11) is 1.30. The van der Waals surface area contributed by atoms with Gasteiger partial charge in [-0.15, -0.1) is 0 Å². The van der Waals surface area contributed by atoms with Gasteiger partial charge in [0.25, 0.3) is 0 Å². The number of rotatable bonds is 7. The highest BCUT2D eigenvalue weighted by atomic mass is 32.2. The molecule has 34 heavy (non-hydrogen) atoms. The van der Waals surface area contributed by atoms with E-state index >= 15 is 0 Å². The number of nitrogens with zero attached hydrogens (tertiary/aromatic N) is 5. The van der Waals surface area contributed by atoms with Gasteiger partial charge in [-0.05, 0) is 35.9 Å². The molecule has 0 unspecified atom stereocenters. The number of hydrogen-bond donors (Lipinski definition) is 0. The highest BCUT2D eigenvalue weighted by Crippen LogP contribution is 2.22. The molecule has 0 saturated carbocycles. The Kier molecular flexibility index (Phi) is 6.76. The molecule has 1 amide bonds. The molecule has 2 aromatic heterocycles. The number of aromatic nitrogens is 3. The van der Waals surface area contributed by atoms with Crippen LogP contribution in [0.5, 0.6) is 0 Å². The van der Waals surface area contributed by atoms with Crippen molar-refractivity contribution in [1.82, 2.24) is 18.4 Å². The van der Waals surface area contributed by atoms with Crippen LogP contribution in [0, 0.1) is 0 Å². The SMILES string of the molecule is CN(C)S(=O)(=O)c1ccc2c(c1)nc(CCC(=O)N=c1ccccn1Cc1ccccc1)n2C. The molecule has 0 atom stereocenters. The third-order valence-corrected chi connectivity index (χ3v) is 7.45. The fourth-order valence-corrected chi connectivity index (χ4v) is 4.63. The molecule has 8 nitrogen and oxygen atoms in total. The second-order valence-electron chi connectivity index (χ2n) is 8.20. The number of fused-ring (bicyclic) bond motifs is 1. The maximum Gasteiger partial charge on any atom is 0.248 e. The lowest BCUT2D eigenvalue weighted by Gasteiger charge is -2.10. The number of imidazole rings is 1. The maximum absolute atomic E-state index is 12.7. The van der Waals surface area contributed by atoms with Crippen molar-refractivity contribution in [1.29, 1.82) is 0 Å². The van der Waals surface area contributed by atoms with Crippen molar-refractivity contribution in [3.63, 3.8) is 0 Å². The second-order valence-corrected chi connectivity index (χ2v) is 10.4. The molecular formula is C25H27N5O3S. The minimum Gasteiger partial charge on any atom is -0.331 e. The van der Waals surface area contributed by atoms with E-state index in [1.54, 1.807) is 18.2 Å².